The molecule has 27 heavy (non-hydrogen) atoms. The molecule has 5 nitrogen and oxygen atoms in total. The Labute approximate surface area is 153 Å². The summed E-state index contributed by atoms with van der Waals surface area (Å²) in [5.41, 5.74) is 1.84. The molecule has 0 spiro atoms. The Hall–Kier alpha value is -3.16. The maximum absolute atomic E-state index is 12.8. The molecular formula is C19H16F3N3O2. The predicted molar refractivity (Wildman–Crippen MR) is 95.5 cm³/mol. The van der Waals surface area contributed by atoms with E-state index in [2.05, 4.69) is 9.97 Å². The van der Waals surface area contributed by atoms with Crippen molar-refractivity contribution in [3.63, 3.8) is 0 Å². The first-order valence-electron chi connectivity index (χ1n) is 7.97. The molecular weight excluding hydrogens is 359 g/mol. The van der Waals surface area contributed by atoms with Gasteiger partial charge in [0.25, 0.3) is 0 Å². The van der Waals surface area contributed by atoms with E-state index in [0.717, 1.165) is 17.7 Å². The summed E-state index contributed by atoms with van der Waals surface area (Å²) in [5, 5.41) is 0.312. The average molecular weight is 375 g/mol. The number of methoxy groups -OCH3 is 1. The second-order valence-corrected chi connectivity index (χ2v) is 6.00. The van der Waals surface area contributed by atoms with Gasteiger partial charge >= 0.3 is 12.3 Å². The number of fused-ring (bicyclic) bond motifs is 1. The van der Waals surface area contributed by atoms with Gasteiger partial charge in [-0.2, -0.15) is 13.2 Å². The van der Waals surface area contributed by atoms with E-state index in [0.29, 0.717) is 28.0 Å². The molecule has 0 saturated carbocycles. The molecule has 0 aliphatic heterocycles. The SMILES string of the molecule is COC(=O)N(C)c1ccc(-c2ncc3cc(C(F)(F)F)ccc3n2)cc1C. The van der Waals surface area contributed by atoms with Crippen LogP contribution >= 0.6 is 0 Å². The Morgan fingerprint density at radius 2 is 1.89 bits per heavy atom. The largest absolute Gasteiger partial charge is 0.452 e. The fourth-order valence-corrected chi connectivity index (χ4v) is 2.75. The molecule has 1 aromatic heterocycles. The monoisotopic (exact) mass is 375 g/mol. The van der Waals surface area contributed by atoms with Crippen LogP contribution in [0.25, 0.3) is 22.3 Å². The van der Waals surface area contributed by atoms with E-state index in [4.69, 9.17) is 4.74 Å². The molecule has 1 amide bonds. The van der Waals surface area contributed by atoms with Crippen molar-refractivity contribution in [1.29, 1.82) is 0 Å². The quantitative estimate of drug-likeness (QED) is 0.644. The summed E-state index contributed by atoms with van der Waals surface area (Å²) in [6, 6.07) is 8.64. The van der Waals surface area contributed by atoms with Gasteiger partial charge in [-0.25, -0.2) is 14.8 Å². The van der Waals surface area contributed by atoms with Crippen molar-refractivity contribution in [2.24, 2.45) is 0 Å². The van der Waals surface area contributed by atoms with E-state index < -0.39 is 17.8 Å². The van der Waals surface area contributed by atoms with Gasteiger partial charge in [-0.15, -0.1) is 0 Å². The Morgan fingerprint density at radius 3 is 2.52 bits per heavy atom. The average Bonchev–Trinajstić information content (AvgIpc) is 2.65. The zero-order chi connectivity index (χ0) is 19.8. The Morgan fingerprint density at radius 1 is 1.15 bits per heavy atom. The molecule has 8 heteroatoms. The van der Waals surface area contributed by atoms with Gasteiger partial charge < -0.3 is 4.74 Å². The molecule has 0 unspecified atom stereocenters. The number of rotatable bonds is 2. The van der Waals surface area contributed by atoms with Crippen molar-refractivity contribution in [3.05, 3.63) is 53.7 Å². The maximum Gasteiger partial charge on any atom is 0.416 e. The van der Waals surface area contributed by atoms with Gasteiger partial charge in [-0.05, 0) is 48.9 Å². The number of aryl methyl sites for hydroxylation is 1. The molecule has 140 valence electrons. The van der Waals surface area contributed by atoms with Gasteiger partial charge in [0.2, 0.25) is 0 Å². The molecule has 0 N–H and O–H groups in total. The third kappa shape index (κ3) is 3.69. The van der Waals surface area contributed by atoms with E-state index >= 15 is 0 Å². The number of amides is 1. The van der Waals surface area contributed by atoms with Gasteiger partial charge in [0, 0.05) is 29.9 Å². The van der Waals surface area contributed by atoms with E-state index in [1.807, 2.05) is 6.92 Å². The molecule has 0 bridgehead atoms. The van der Waals surface area contributed by atoms with Crippen molar-refractivity contribution in [3.8, 4) is 11.4 Å². The third-order valence-electron chi connectivity index (χ3n) is 4.17. The van der Waals surface area contributed by atoms with E-state index in [-0.39, 0.29) is 0 Å². The van der Waals surface area contributed by atoms with Crippen molar-refractivity contribution in [2.75, 3.05) is 19.1 Å². The van der Waals surface area contributed by atoms with Crippen LogP contribution in [0.2, 0.25) is 0 Å². The van der Waals surface area contributed by atoms with Crippen molar-refractivity contribution in [1.82, 2.24) is 9.97 Å². The second kappa shape index (κ2) is 6.86. The Kier molecular flexibility index (Phi) is 4.73. The standard InChI is InChI=1S/C19H16F3N3O2/c1-11-8-12(4-7-16(11)25(2)18(26)27-3)17-23-10-13-9-14(19(20,21)22)5-6-15(13)24-17/h4-10H,1-3H3. The number of nitrogens with zero attached hydrogens (tertiary/aromatic N) is 3. The summed E-state index contributed by atoms with van der Waals surface area (Å²) in [5.74, 6) is 0.387. The topological polar surface area (TPSA) is 55.3 Å². The fraction of sp³-hybridized carbons (Fsp3) is 0.211. The summed E-state index contributed by atoms with van der Waals surface area (Å²) in [6.07, 6.45) is -3.53. The molecule has 3 aromatic rings. The van der Waals surface area contributed by atoms with Crippen LogP contribution in [-0.4, -0.2) is 30.2 Å². The predicted octanol–water partition coefficient (Wildman–Crippen LogP) is 4.83. The number of benzene rings is 2. The summed E-state index contributed by atoms with van der Waals surface area (Å²) < 4.78 is 43.1. The van der Waals surface area contributed by atoms with Crippen LogP contribution in [-0.2, 0) is 10.9 Å². The third-order valence-corrected chi connectivity index (χ3v) is 4.17. The molecule has 0 saturated heterocycles. The fourth-order valence-electron chi connectivity index (χ4n) is 2.75. The van der Waals surface area contributed by atoms with Crippen molar-refractivity contribution < 1.29 is 22.7 Å². The molecule has 0 aliphatic carbocycles. The van der Waals surface area contributed by atoms with Crippen LogP contribution in [0.15, 0.2) is 42.6 Å². The molecule has 3 rings (SSSR count). The van der Waals surface area contributed by atoms with Crippen LogP contribution in [0.3, 0.4) is 0 Å². The minimum absolute atomic E-state index is 0.312. The highest BCUT2D eigenvalue weighted by Crippen LogP contribution is 2.31. The number of alkyl halides is 3. The Balaban J connectivity index is 1.98. The molecule has 0 atom stereocenters. The number of carbonyl (C=O) groups is 1. The molecule has 0 aliphatic rings. The maximum atomic E-state index is 12.8. The number of hydrogen-bond acceptors (Lipinski definition) is 4. The highest BCUT2D eigenvalue weighted by molar-refractivity contribution is 5.88. The summed E-state index contributed by atoms with van der Waals surface area (Å²) in [7, 11) is 2.90. The highest BCUT2D eigenvalue weighted by Gasteiger charge is 2.30. The second-order valence-electron chi connectivity index (χ2n) is 6.00. The summed E-state index contributed by atoms with van der Waals surface area (Å²) >= 11 is 0. The smallest absolute Gasteiger partial charge is 0.416 e. The number of carbonyl (C=O) groups excluding carboxylic acids is 1. The first kappa shape index (κ1) is 18.6. The van der Waals surface area contributed by atoms with Crippen LogP contribution in [0, 0.1) is 6.92 Å². The van der Waals surface area contributed by atoms with Gasteiger partial charge in [0.05, 0.1) is 18.2 Å². The first-order chi connectivity index (χ1) is 12.7. The van der Waals surface area contributed by atoms with Crippen LogP contribution in [0.4, 0.5) is 23.7 Å². The van der Waals surface area contributed by atoms with Crippen molar-refractivity contribution >= 4 is 22.7 Å². The minimum Gasteiger partial charge on any atom is -0.452 e. The van der Waals surface area contributed by atoms with E-state index in [1.165, 1.54) is 24.3 Å². The van der Waals surface area contributed by atoms with Gasteiger partial charge in [-0.3, -0.25) is 4.90 Å². The lowest BCUT2D eigenvalue weighted by Gasteiger charge is -2.18. The number of ether oxygens (including phenoxy) is 1. The number of anilines is 1. The first-order valence-corrected chi connectivity index (χ1v) is 7.97. The van der Waals surface area contributed by atoms with Crippen LogP contribution < -0.4 is 4.90 Å². The van der Waals surface area contributed by atoms with Gasteiger partial charge in [0.1, 0.15) is 0 Å². The van der Waals surface area contributed by atoms with Crippen LogP contribution in [0.5, 0.6) is 0 Å². The van der Waals surface area contributed by atoms with E-state index in [9.17, 15) is 18.0 Å². The number of halogens is 3. The number of hydrogen-bond donors (Lipinski definition) is 0. The van der Waals surface area contributed by atoms with Gasteiger partial charge in [0.15, 0.2) is 5.82 Å². The normalized spacial score (nSPS) is 11.5. The molecule has 0 radical (unpaired) electrons. The van der Waals surface area contributed by atoms with Crippen molar-refractivity contribution in [2.45, 2.75) is 13.1 Å². The highest BCUT2D eigenvalue weighted by atomic mass is 19.4. The Bertz CT molecular complexity index is 1020. The van der Waals surface area contributed by atoms with E-state index in [1.54, 1.807) is 25.2 Å². The van der Waals surface area contributed by atoms with Gasteiger partial charge in [-0.1, -0.05) is 0 Å². The zero-order valence-corrected chi connectivity index (χ0v) is 14.8. The molecule has 2 aromatic carbocycles. The summed E-state index contributed by atoms with van der Waals surface area (Å²) in [6.45, 7) is 1.83. The lowest BCUT2D eigenvalue weighted by atomic mass is 10.1. The van der Waals surface area contributed by atoms with Crippen LogP contribution in [0.1, 0.15) is 11.1 Å². The molecule has 0 fully saturated rings. The minimum atomic E-state index is -4.41. The molecule has 1 heterocycles. The lowest BCUT2D eigenvalue weighted by molar-refractivity contribution is -0.137. The lowest BCUT2D eigenvalue weighted by Crippen LogP contribution is -2.26. The zero-order valence-electron chi connectivity index (χ0n) is 14.8. The summed E-state index contributed by atoms with van der Waals surface area (Å²) in [4.78, 5) is 21.6. The number of aromatic nitrogens is 2.